The van der Waals surface area contributed by atoms with Gasteiger partial charge in [0.25, 0.3) is 0 Å². The van der Waals surface area contributed by atoms with Crippen molar-refractivity contribution >= 4 is 22.7 Å². The van der Waals surface area contributed by atoms with Gasteiger partial charge in [0.05, 0.1) is 7.62 Å². The molecule has 2 heterocycles. The molecule has 1 aliphatic carbocycles. The molecule has 112 valence electrons. The molecule has 0 unspecified atom stereocenters. The minimum Gasteiger partial charge on any atom is -0.306 e. The van der Waals surface area contributed by atoms with Crippen LogP contribution in [0.5, 0.6) is 0 Å². The summed E-state index contributed by atoms with van der Waals surface area (Å²) in [6.45, 7) is -1.54. The van der Waals surface area contributed by atoms with Gasteiger partial charge in [-0.05, 0) is 47.9 Å². The molecule has 1 aliphatic heterocycles. The van der Waals surface area contributed by atoms with Crippen molar-refractivity contribution in [2.24, 2.45) is 0 Å². The number of rotatable bonds is 0. The van der Waals surface area contributed by atoms with Gasteiger partial charge in [0.15, 0.2) is 5.78 Å². The van der Waals surface area contributed by atoms with Crippen molar-refractivity contribution in [2.75, 3.05) is 20.1 Å². The van der Waals surface area contributed by atoms with Crippen LogP contribution in [0.4, 0.5) is 0 Å². The molecule has 4 rings (SSSR count). The third-order valence-electron chi connectivity index (χ3n) is 4.18. The number of benzene rings is 1. The average molecular weight is 316 g/mol. The summed E-state index contributed by atoms with van der Waals surface area (Å²) in [6.07, 6.45) is -1.38. The van der Waals surface area contributed by atoms with Gasteiger partial charge in [0.2, 0.25) is 0 Å². The van der Waals surface area contributed by atoms with Crippen molar-refractivity contribution in [3.63, 3.8) is 0 Å². The zero-order valence-electron chi connectivity index (χ0n) is 18.9. The lowest BCUT2D eigenvalue weighted by atomic mass is 9.88. The first-order valence-corrected chi connectivity index (χ1v) is 8.07. The molecule has 2 nitrogen and oxygen atoms in total. The topological polar surface area (TPSA) is 20.3 Å². The summed E-state index contributed by atoms with van der Waals surface area (Å²) in [5.74, 6) is -0.729. The Hall–Kier alpha value is -1.71. The standard InChI is InChI=1S/C19H19NOS/c1-20-9-6-13(7-10-20)18-15-5-3-2-4-14(15)12-17(21)19-16(18)8-11-22-19/h2-5,8,11H,6-7,9-10,12H2,1H3/i1D3,8D,11D,12D2. The van der Waals surface area contributed by atoms with Gasteiger partial charge in [-0.3, -0.25) is 4.79 Å². The van der Waals surface area contributed by atoms with Gasteiger partial charge in [-0.15, -0.1) is 11.3 Å². The highest BCUT2D eigenvalue weighted by Gasteiger charge is 2.27. The van der Waals surface area contributed by atoms with E-state index in [-0.39, 0.29) is 21.8 Å². The molecule has 2 aromatic rings. The van der Waals surface area contributed by atoms with Gasteiger partial charge < -0.3 is 4.90 Å². The van der Waals surface area contributed by atoms with Crippen LogP contribution in [0.2, 0.25) is 0 Å². The normalized spacial score (nSPS) is 26.4. The lowest BCUT2D eigenvalue weighted by Crippen LogP contribution is -2.27. The average Bonchev–Trinajstić information content (AvgIpc) is 2.93. The Labute approximate surface area is 144 Å². The van der Waals surface area contributed by atoms with E-state index in [2.05, 4.69) is 0 Å². The molecule has 0 spiro atoms. The van der Waals surface area contributed by atoms with Crippen molar-refractivity contribution in [3.05, 3.63) is 62.8 Å². The number of ketones is 1. The highest BCUT2D eigenvalue weighted by molar-refractivity contribution is 7.12. The molecular formula is C19H19NOS. The van der Waals surface area contributed by atoms with E-state index < -0.39 is 19.1 Å². The maximum atomic E-state index is 13.1. The Balaban J connectivity index is 1.97. The Bertz CT molecular complexity index is 1030. The van der Waals surface area contributed by atoms with Gasteiger partial charge in [-0.1, -0.05) is 29.8 Å². The van der Waals surface area contributed by atoms with E-state index in [0.717, 1.165) is 16.9 Å². The number of nitrogens with zero attached hydrogens (tertiary/aromatic N) is 1. The zero-order chi connectivity index (χ0) is 21.1. The monoisotopic (exact) mass is 316 g/mol. The van der Waals surface area contributed by atoms with Crippen molar-refractivity contribution < 1.29 is 14.4 Å². The van der Waals surface area contributed by atoms with Crippen LogP contribution < -0.4 is 0 Å². The summed E-state index contributed by atoms with van der Waals surface area (Å²) in [6, 6.07) is 6.70. The van der Waals surface area contributed by atoms with Gasteiger partial charge in [0.1, 0.15) is 0 Å². The number of fused-ring (bicyclic) bond motifs is 2. The molecule has 0 amide bonds. The van der Waals surface area contributed by atoms with E-state index in [4.69, 9.17) is 9.60 Å². The molecule has 1 fully saturated rings. The second kappa shape index (κ2) is 5.49. The molecule has 22 heavy (non-hydrogen) atoms. The number of carbonyl (C=O) groups excluding carboxylic acids is 1. The number of likely N-dealkylation sites (tertiary alicyclic amines) is 1. The predicted molar refractivity (Wildman–Crippen MR) is 91.5 cm³/mol. The van der Waals surface area contributed by atoms with Crippen LogP contribution in [0.25, 0.3) is 5.57 Å². The number of piperidine rings is 1. The Kier molecular flexibility index (Phi) is 2.05. The molecule has 0 N–H and O–H groups in total. The summed E-state index contributed by atoms with van der Waals surface area (Å²) < 4.78 is 56.3. The summed E-state index contributed by atoms with van der Waals surface area (Å²) in [7, 11) is 0. The van der Waals surface area contributed by atoms with Gasteiger partial charge in [-0.25, -0.2) is 0 Å². The molecule has 2 aliphatic rings. The molecule has 0 atom stereocenters. The third kappa shape index (κ3) is 2.25. The fourth-order valence-electron chi connectivity index (χ4n) is 3.09. The summed E-state index contributed by atoms with van der Waals surface area (Å²) >= 11 is 0.839. The maximum absolute atomic E-state index is 13.1. The van der Waals surface area contributed by atoms with Crippen molar-refractivity contribution in [1.29, 1.82) is 0 Å². The highest BCUT2D eigenvalue weighted by atomic mass is 32.1. The number of thiophene rings is 1. The minimum atomic E-state index is -2.27. The van der Waals surface area contributed by atoms with Gasteiger partial charge in [0, 0.05) is 31.9 Å². The third-order valence-corrected chi connectivity index (χ3v) is 4.98. The Morgan fingerprint density at radius 1 is 1.27 bits per heavy atom. The van der Waals surface area contributed by atoms with Crippen LogP contribution in [0.3, 0.4) is 0 Å². The quantitative estimate of drug-likeness (QED) is 0.732. The number of hydrogen-bond acceptors (Lipinski definition) is 3. The first-order valence-electron chi connectivity index (χ1n) is 10.8. The zero-order valence-corrected chi connectivity index (χ0v) is 12.7. The molecule has 1 aromatic heterocycles. The molecule has 0 radical (unpaired) electrons. The van der Waals surface area contributed by atoms with Crippen molar-refractivity contribution in [1.82, 2.24) is 4.90 Å². The molecule has 3 heteroatoms. The molecule has 1 aromatic carbocycles. The highest BCUT2D eigenvalue weighted by Crippen LogP contribution is 2.40. The minimum absolute atomic E-state index is 0.0726. The van der Waals surface area contributed by atoms with E-state index in [9.17, 15) is 4.79 Å². The summed E-state index contributed by atoms with van der Waals surface area (Å²) in [4.78, 5) is 14.6. The summed E-state index contributed by atoms with van der Waals surface area (Å²) in [5.41, 5.74) is 2.63. The van der Waals surface area contributed by atoms with E-state index in [1.807, 2.05) is 0 Å². The Morgan fingerprint density at radius 3 is 2.91 bits per heavy atom. The fraction of sp³-hybridized carbons (Fsp3) is 0.316. The fourth-order valence-corrected chi connectivity index (χ4v) is 3.74. The molecule has 0 saturated carbocycles. The first kappa shape index (κ1) is 8.23. The van der Waals surface area contributed by atoms with Gasteiger partial charge >= 0.3 is 0 Å². The van der Waals surface area contributed by atoms with Crippen LogP contribution in [-0.4, -0.2) is 30.7 Å². The molecular weight excluding hydrogens is 290 g/mol. The van der Waals surface area contributed by atoms with E-state index in [1.165, 1.54) is 4.90 Å². The van der Waals surface area contributed by atoms with Crippen LogP contribution in [-0.2, 0) is 6.37 Å². The number of carbonyl (C=O) groups is 1. The van der Waals surface area contributed by atoms with Crippen LogP contribution in [0.15, 0.2) is 41.2 Å². The van der Waals surface area contributed by atoms with Crippen molar-refractivity contribution in [2.45, 2.75) is 19.2 Å². The SMILES string of the molecule is [2H]c1sc2c(c1[2H])C(=C1CCN(C([2H])([2H])[2H])CC1)c1ccccc1C([2H])([2H])C2=O. The first-order chi connectivity index (χ1) is 13.5. The van der Waals surface area contributed by atoms with E-state index >= 15 is 0 Å². The lowest BCUT2D eigenvalue weighted by molar-refractivity contribution is 0.0997. The lowest BCUT2D eigenvalue weighted by Gasteiger charge is -2.27. The summed E-state index contributed by atoms with van der Waals surface area (Å²) in [5, 5.41) is -0.0726. The number of Topliss-reactive ketones (excluding diaryl/α,β-unsaturated/α-hetero) is 1. The smallest absolute Gasteiger partial charge is 0.177 e. The second-order valence-corrected chi connectivity index (χ2v) is 6.32. The van der Waals surface area contributed by atoms with Crippen LogP contribution in [0, 0.1) is 0 Å². The number of hydrogen-bond donors (Lipinski definition) is 0. The maximum Gasteiger partial charge on any atom is 0.177 e. The van der Waals surface area contributed by atoms with Gasteiger partial charge in [-0.2, -0.15) is 0 Å². The second-order valence-electron chi connectivity index (χ2n) is 5.50. The molecule has 0 bridgehead atoms. The Morgan fingerprint density at radius 2 is 2.09 bits per heavy atom. The van der Waals surface area contributed by atoms with E-state index in [1.54, 1.807) is 24.3 Å². The van der Waals surface area contributed by atoms with Crippen LogP contribution in [0.1, 0.15) is 48.8 Å². The predicted octanol–water partition coefficient (Wildman–Crippen LogP) is 4.01. The van der Waals surface area contributed by atoms with E-state index in [0.29, 0.717) is 42.6 Å². The van der Waals surface area contributed by atoms with Crippen LogP contribution >= 0.6 is 11.3 Å². The molecule has 1 saturated heterocycles. The largest absolute Gasteiger partial charge is 0.306 e. The van der Waals surface area contributed by atoms with Crippen molar-refractivity contribution in [3.8, 4) is 0 Å².